The molecule has 1 aliphatic rings. The summed E-state index contributed by atoms with van der Waals surface area (Å²) in [5.41, 5.74) is -0.0679. The molecule has 0 unspecified atom stereocenters. The normalized spacial score (nSPS) is 16.7. The van der Waals surface area contributed by atoms with Gasteiger partial charge < -0.3 is 9.64 Å². The van der Waals surface area contributed by atoms with Gasteiger partial charge in [0.1, 0.15) is 11.6 Å². The lowest BCUT2D eigenvalue weighted by Gasteiger charge is -2.31. The molecule has 0 saturated carbocycles. The van der Waals surface area contributed by atoms with Crippen LogP contribution in [0.5, 0.6) is 0 Å². The Hall–Kier alpha value is -0.760. The molecule has 1 aromatic carbocycles. The number of likely N-dealkylation sites (tertiary alicyclic amines) is 1. The van der Waals surface area contributed by atoms with Crippen molar-refractivity contribution < 1.29 is 18.3 Å². The molecule has 3 nitrogen and oxygen atoms in total. The first kappa shape index (κ1) is 14.6. The van der Waals surface area contributed by atoms with Crippen LogP contribution < -0.4 is 0 Å². The smallest absolute Gasteiger partial charge is 0.256 e. The van der Waals surface area contributed by atoms with Crippen LogP contribution in [0.1, 0.15) is 23.2 Å². The topological polar surface area (TPSA) is 29.5 Å². The SMILES string of the molecule is COC1CCN(C(=O)c2cc(I)c(F)cc2F)CC1. The zero-order chi connectivity index (χ0) is 14.0. The molecule has 0 aliphatic carbocycles. The highest BCUT2D eigenvalue weighted by molar-refractivity contribution is 14.1. The fraction of sp³-hybridized carbons (Fsp3) is 0.462. The molecule has 19 heavy (non-hydrogen) atoms. The van der Waals surface area contributed by atoms with E-state index in [-0.39, 0.29) is 21.1 Å². The van der Waals surface area contributed by atoms with Gasteiger partial charge in [-0.3, -0.25) is 4.79 Å². The van der Waals surface area contributed by atoms with E-state index in [1.54, 1.807) is 34.6 Å². The van der Waals surface area contributed by atoms with Gasteiger partial charge in [0.05, 0.1) is 11.7 Å². The molecule has 0 N–H and O–H groups in total. The second-order valence-electron chi connectivity index (χ2n) is 4.47. The number of hydrogen-bond acceptors (Lipinski definition) is 2. The molecule has 0 spiro atoms. The number of carbonyl (C=O) groups excluding carboxylic acids is 1. The van der Waals surface area contributed by atoms with Gasteiger partial charge in [0.25, 0.3) is 5.91 Å². The number of piperidine rings is 1. The molecule has 0 atom stereocenters. The quantitative estimate of drug-likeness (QED) is 0.583. The molecule has 0 radical (unpaired) electrons. The summed E-state index contributed by atoms with van der Waals surface area (Å²) in [7, 11) is 1.64. The summed E-state index contributed by atoms with van der Waals surface area (Å²) in [6.45, 7) is 1.06. The third-order valence-corrected chi connectivity index (χ3v) is 4.13. The van der Waals surface area contributed by atoms with Crippen LogP contribution in [0.25, 0.3) is 0 Å². The Kier molecular flexibility index (Phi) is 4.72. The lowest BCUT2D eigenvalue weighted by molar-refractivity contribution is 0.0348. The standard InChI is InChI=1S/C13H14F2INO2/c1-19-8-2-4-17(5-3-8)13(18)9-6-12(16)11(15)7-10(9)14/h6-8H,2-5H2,1H3. The predicted molar refractivity (Wildman–Crippen MR) is 75.0 cm³/mol. The summed E-state index contributed by atoms with van der Waals surface area (Å²) < 4.78 is 32.3. The van der Waals surface area contributed by atoms with Crippen molar-refractivity contribution in [3.05, 3.63) is 32.9 Å². The van der Waals surface area contributed by atoms with Crippen molar-refractivity contribution in [3.8, 4) is 0 Å². The molecule has 1 aliphatic heterocycles. The van der Waals surface area contributed by atoms with Crippen molar-refractivity contribution in [2.45, 2.75) is 18.9 Å². The highest BCUT2D eigenvalue weighted by Crippen LogP contribution is 2.21. The number of amides is 1. The predicted octanol–water partition coefficient (Wildman–Crippen LogP) is 2.82. The lowest BCUT2D eigenvalue weighted by atomic mass is 10.1. The van der Waals surface area contributed by atoms with E-state index in [9.17, 15) is 13.6 Å². The Bertz CT molecular complexity index is 488. The molecule has 1 heterocycles. The molecule has 1 amide bonds. The fourth-order valence-electron chi connectivity index (χ4n) is 2.15. The van der Waals surface area contributed by atoms with Gasteiger partial charge in [-0.2, -0.15) is 0 Å². The maximum atomic E-state index is 13.7. The van der Waals surface area contributed by atoms with Crippen molar-refractivity contribution in [2.24, 2.45) is 0 Å². The van der Waals surface area contributed by atoms with E-state index < -0.39 is 11.6 Å². The number of hydrogen-bond donors (Lipinski definition) is 0. The van der Waals surface area contributed by atoms with Crippen LogP contribution in [0, 0.1) is 15.2 Å². The maximum Gasteiger partial charge on any atom is 0.256 e. The van der Waals surface area contributed by atoms with Gasteiger partial charge in [0.15, 0.2) is 0 Å². The summed E-state index contributed by atoms with van der Waals surface area (Å²) in [5.74, 6) is -1.84. The summed E-state index contributed by atoms with van der Waals surface area (Å²) in [5, 5.41) is 0. The van der Waals surface area contributed by atoms with Crippen molar-refractivity contribution >= 4 is 28.5 Å². The first-order chi connectivity index (χ1) is 9.02. The van der Waals surface area contributed by atoms with Crippen LogP contribution in [0.4, 0.5) is 8.78 Å². The number of ether oxygens (including phenoxy) is 1. The molecular weight excluding hydrogens is 367 g/mol. The second kappa shape index (κ2) is 6.13. The van der Waals surface area contributed by atoms with Crippen molar-refractivity contribution in [3.63, 3.8) is 0 Å². The molecular formula is C13H14F2INO2. The number of carbonyl (C=O) groups is 1. The monoisotopic (exact) mass is 381 g/mol. The average Bonchev–Trinajstić information content (AvgIpc) is 2.42. The highest BCUT2D eigenvalue weighted by atomic mass is 127. The van der Waals surface area contributed by atoms with Crippen LogP contribution in [-0.4, -0.2) is 37.1 Å². The van der Waals surface area contributed by atoms with Crippen molar-refractivity contribution in [1.82, 2.24) is 4.90 Å². The third kappa shape index (κ3) is 3.22. The van der Waals surface area contributed by atoms with E-state index in [2.05, 4.69) is 0 Å². The first-order valence-corrected chi connectivity index (χ1v) is 7.07. The molecule has 6 heteroatoms. The van der Waals surface area contributed by atoms with E-state index >= 15 is 0 Å². The summed E-state index contributed by atoms with van der Waals surface area (Å²) >= 11 is 1.75. The van der Waals surface area contributed by atoms with Crippen LogP contribution in [0.3, 0.4) is 0 Å². The molecule has 1 saturated heterocycles. The number of nitrogens with zero attached hydrogens (tertiary/aromatic N) is 1. The van der Waals surface area contributed by atoms with E-state index in [4.69, 9.17) is 4.74 Å². The Morgan fingerprint density at radius 2 is 1.95 bits per heavy atom. The largest absolute Gasteiger partial charge is 0.381 e. The molecule has 104 valence electrons. The minimum atomic E-state index is -0.809. The Morgan fingerprint density at radius 1 is 1.32 bits per heavy atom. The molecule has 2 rings (SSSR count). The number of benzene rings is 1. The summed E-state index contributed by atoms with van der Waals surface area (Å²) in [6, 6.07) is 2.02. The van der Waals surface area contributed by atoms with E-state index in [1.807, 2.05) is 0 Å². The minimum Gasteiger partial charge on any atom is -0.381 e. The Labute approximate surface area is 124 Å². The zero-order valence-corrected chi connectivity index (χ0v) is 12.6. The highest BCUT2D eigenvalue weighted by Gasteiger charge is 2.25. The van der Waals surface area contributed by atoms with E-state index in [1.165, 1.54) is 6.07 Å². The molecule has 0 aromatic heterocycles. The summed E-state index contributed by atoms with van der Waals surface area (Å²) in [4.78, 5) is 13.8. The number of rotatable bonds is 2. The Balaban J connectivity index is 2.14. The van der Waals surface area contributed by atoms with E-state index in [0.29, 0.717) is 13.1 Å². The first-order valence-electron chi connectivity index (χ1n) is 5.99. The van der Waals surface area contributed by atoms with Crippen LogP contribution in [0.15, 0.2) is 12.1 Å². The van der Waals surface area contributed by atoms with Gasteiger partial charge in [-0.25, -0.2) is 8.78 Å². The van der Waals surface area contributed by atoms with Crippen LogP contribution >= 0.6 is 22.6 Å². The minimum absolute atomic E-state index is 0.0679. The zero-order valence-electron chi connectivity index (χ0n) is 10.5. The van der Waals surface area contributed by atoms with Gasteiger partial charge in [-0.1, -0.05) is 0 Å². The fourth-order valence-corrected chi connectivity index (χ4v) is 2.62. The maximum absolute atomic E-state index is 13.7. The van der Waals surface area contributed by atoms with Crippen LogP contribution in [-0.2, 0) is 4.74 Å². The van der Waals surface area contributed by atoms with Gasteiger partial charge in [-0.15, -0.1) is 0 Å². The second-order valence-corrected chi connectivity index (χ2v) is 5.64. The molecule has 1 fully saturated rings. The third-order valence-electron chi connectivity index (χ3n) is 3.30. The van der Waals surface area contributed by atoms with Gasteiger partial charge >= 0.3 is 0 Å². The van der Waals surface area contributed by atoms with E-state index in [0.717, 1.165) is 18.9 Å². The van der Waals surface area contributed by atoms with Gasteiger partial charge in [-0.05, 0) is 41.5 Å². The number of methoxy groups -OCH3 is 1. The number of halogens is 3. The van der Waals surface area contributed by atoms with Crippen LogP contribution in [0.2, 0.25) is 0 Å². The summed E-state index contributed by atoms with van der Waals surface area (Å²) in [6.07, 6.45) is 1.63. The van der Waals surface area contributed by atoms with Gasteiger partial charge in [0, 0.05) is 29.8 Å². The van der Waals surface area contributed by atoms with Gasteiger partial charge in [0.2, 0.25) is 0 Å². The van der Waals surface area contributed by atoms with Crippen molar-refractivity contribution in [1.29, 1.82) is 0 Å². The average molecular weight is 381 g/mol. The van der Waals surface area contributed by atoms with Crippen molar-refractivity contribution in [2.75, 3.05) is 20.2 Å². The Morgan fingerprint density at radius 3 is 2.53 bits per heavy atom. The molecule has 0 bridgehead atoms. The molecule has 1 aromatic rings. The lowest BCUT2D eigenvalue weighted by Crippen LogP contribution is -2.41.